The molecule has 4 rings (SSSR count). The highest BCUT2D eigenvalue weighted by Crippen LogP contribution is 2.32. The summed E-state index contributed by atoms with van der Waals surface area (Å²) in [6.45, 7) is 4.35. The van der Waals surface area contributed by atoms with E-state index in [0.29, 0.717) is 10.2 Å². The van der Waals surface area contributed by atoms with Gasteiger partial charge in [0.25, 0.3) is 5.56 Å². The summed E-state index contributed by atoms with van der Waals surface area (Å²) in [4.78, 5) is 30.0. The predicted molar refractivity (Wildman–Crippen MR) is 108 cm³/mol. The maximum atomic E-state index is 13.0. The minimum Gasteiger partial charge on any atom is -0.458 e. The number of carbonyl (C=O) groups excluding carboxylic acids is 1. The van der Waals surface area contributed by atoms with Crippen LogP contribution < -0.4 is 5.56 Å². The molecule has 0 saturated carbocycles. The van der Waals surface area contributed by atoms with Gasteiger partial charge in [0.2, 0.25) is 5.76 Å². The summed E-state index contributed by atoms with van der Waals surface area (Å²) < 4.78 is 11.6. The number of benzene rings is 1. The molecule has 28 heavy (non-hydrogen) atoms. The minimum absolute atomic E-state index is 0.0512. The number of rotatable bonds is 5. The van der Waals surface area contributed by atoms with Crippen molar-refractivity contribution in [3.05, 3.63) is 75.5 Å². The van der Waals surface area contributed by atoms with Gasteiger partial charge in [-0.2, -0.15) is 0 Å². The number of thiophene rings is 1. The molecular formula is C21H18N2O4S. The second-order valence-corrected chi connectivity index (χ2v) is 7.36. The maximum Gasteiger partial charge on any atom is 0.374 e. The van der Waals surface area contributed by atoms with Gasteiger partial charge >= 0.3 is 5.97 Å². The third kappa shape index (κ3) is 3.36. The molecule has 0 unspecified atom stereocenters. The summed E-state index contributed by atoms with van der Waals surface area (Å²) in [7, 11) is 0. The van der Waals surface area contributed by atoms with E-state index in [-0.39, 0.29) is 24.5 Å². The fourth-order valence-corrected chi connectivity index (χ4v) is 4.04. The van der Waals surface area contributed by atoms with Crippen molar-refractivity contribution >= 4 is 27.5 Å². The van der Waals surface area contributed by atoms with Crippen molar-refractivity contribution in [2.24, 2.45) is 0 Å². The van der Waals surface area contributed by atoms with Gasteiger partial charge in [-0.05, 0) is 37.1 Å². The molecule has 7 heteroatoms. The monoisotopic (exact) mass is 394 g/mol. The number of esters is 1. The molecule has 0 aliphatic heterocycles. The van der Waals surface area contributed by atoms with Gasteiger partial charge < -0.3 is 9.15 Å². The lowest BCUT2D eigenvalue weighted by atomic mass is 9.99. The van der Waals surface area contributed by atoms with Crippen molar-refractivity contribution in [2.75, 3.05) is 6.61 Å². The first-order valence-corrected chi connectivity index (χ1v) is 9.67. The number of nitrogens with zero attached hydrogens (tertiary/aromatic N) is 2. The van der Waals surface area contributed by atoms with Gasteiger partial charge in [0, 0.05) is 10.9 Å². The quantitative estimate of drug-likeness (QED) is 0.475. The molecule has 6 nitrogen and oxygen atoms in total. The lowest BCUT2D eigenvalue weighted by Gasteiger charge is -2.08. The average Bonchev–Trinajstić information content (AvgIpc) is 3.34. The second-order valence-electron chi connectivity index (χ2n) is 6.50. The topological polar surface area (TPSA) is 74.3 Å². The zero-order chi connectivity index (χ0) is 19.7. The molecule has 0 spiro atoms. The van der Waals surface area contributed by atoms with Crippen molar-refractivity contribution in [3.63, 3.8) is 0 Å². The fraction of sp³-hybridized carbons (Fsp3) is 0.190. The van der Waals surface area contributed by atoms with Crippen molar-refractivity contribution in [1.29, 1.82) is 0 Å². The lowest BCUT2D eigenvalue weighted by Crippen LogP contribution is -2.23. The van der Waals surface area contributed by atoms with E-state index in [2.05, 4.69) is 11.1 Å². The zero-order valence-electron chi connectivity index (χ0n) is 15.5. The van der Waals surface area contributed by atoms with Crippen LogP contribution in [0.5, 0.6) is 0 Å². The van der Waals surface area contributed by atoms with Crippen LogP contribution in [0, 0.1) is 13.8 Å². The Balaban J connectivity index is 1.61. The van der Waals surface area contributed by atoms with E-state index in [0.717, 1.165) is 16.7 Å². The molecule has 3 heterocycles. The molecule has 3 aromatic heterocycles. The Hall–Kier alpha value is -3.19. The van der Waals surface area contributed by atoms with E-state index in [4.69, 9.17) is 9.15 Å². The van der Waals surface area contributed by atoms with E-state index >= 15 is 0 Å². The highest BCUT2D eigenvalue weighted by atomic mass is 32.1. The predicted octanol–water partition coefficient (Wildman–Crippen LogP) is 4.19. The molecule has 0 atom stereocenters. The van der Waals surface area contributed by atoms with Crippen LogP contribution in [0.4, 0.5) is 0 Å². The maximum absolute atomic E-state index is 13.0. The van der Waals surface area contributed by atoms with Crippen molar-refractivity contribution in [3.8, 4) is 11.1 Å². The Labute approximate surface area is 165 Å². The van der Waals surface area contributed by atoms with Crippen molar-refractivity contribution < 1.29 is 13.9 Å². The third-order valence-corrected chi connectivity index (χ3v) is 5.41. The van der Waals surface area contributed by atoms with E-state index in [1.165, 1.54) is 40.1 Å². The number of hydrogen-bond donors (Lipinski definition) is 0. The summed E-state index contributed by atoms with van der Waals surface area (Å²) in [5, 5.41) is 2.56. The van der Waals surface area contributed by atoms with Crippen LogP contribution in [0.3, 0.4) is 0 Å². The van der Waals surface area contributed by atoms with E-state index in [1.807, 2.05) is 31.4 Å². The number of ether oxygens (including phenoxy) is 1. The highest BCUT2D eigenvalue weighted by Gasteiger charge is 2.15. The highest BCUT2D eigenvalue weighted by molar-refractivity contribution is 7.17. The molecule has 0 aliphatic carbocycles. The van der Waals surface area contributed by atoms with E-state index in [9.17, 15) is 9.59 Å². The molecule has 0 amide bonds. The summed E-state index contributed by atoms with van der Waals surface area (Å²) in [6, 6.07) is 9.32. The number of aryl methyl sites for hydroxylation is 2. The molecule has 0 N–H and O–H groups in total. The first-order chi connectivity index (χ1) is 13.5. The number of fused-ring (bicyclic) bond motifs is 1. The zero-order valence-corrected chi connectivity index (χ0v) is 16.3. The smallest absolute Gasteiger partial charge is 0.374 e. The Bertz CT molecular complexity index is 1210. The van der Waals surface area contributed by atoms with Gasteiger partial charge in [-0.1, -0.05) is 23.8 Å². The van der Waals surface area contributed by atoms with Crippen LogP contribution in [-0.2, 0) is 11.3 Å². The molecular weight excluding hydrogens is 376 g/mol. The van der Waals surface area contributed by atoms with Crippen molar-refractivity contribution in [2.45, 2.75) is 20.4 Å². The lowest BCUT2D eigenvalue weighted by molar-refractivity contribution is 0.0454. The standard InChI is InChI=1S/C21H18N2O4S/c1-13-5-6-15(14(2)10-13)16-11-28-19-18(16)20(24)23(12-22-19)7-9-27-21(25)17-4-3-8-26-17/h3-6,8,10-12H,7,9H2,1-2H3. The Morgan fingerprint density at radius 1 is 1.25 bits per heavy atom. The molecule has 0 bridgehead atoms. The first-order valence-electron chi connectivity index (χ1n) is 8.79. The molecule has 0 fully saturated rings. The molecule has 4 aromatic rings. The van der Waals surface area contributed by atoms with Crippen LogP contribution in [0.25, 0.3) is 21.3 Å². The third-order valence-electron chi connectivity index (χ3n) is 4.52. The van der Waals surface area contributed by atoms with Crippen LogP contribution in [0.1, 0.15) is 21.7 Å². The van der Waals surface area contributed by atoms with E-state index in [1.54, 1.807) is 6.07 Å². The number of aromatic nitrogens is 2. The number of carbonyl (C=O) groups is 1. The number of hydrogen-bond acceptors (Lipinski definition) is 6. The van der Waals surface area contributed by atoms with Crippen LogP contribution >= 0.6 is 11.3 Å². The summed E-state index contributed by atoms with van der Waals surface area (Å²) in [6.07, 6.45) is 2.90. The van der Waals surface area contributed by atoms with Crippen molar-refractivity contribution in [1.82, 2.24) is 9.55 Å². The van der Waals surface area contributed by atoms with Gasteiger partial charge in [-0.3, -0.25) is 9.36 Å². The summed E-state index contributed by atoms with van der Waals surface area (Å²) >= 11 is 1.45. The molecule has 0 aliphatic rings. The normalized spacial score (nSPS) is 11.1. The van der Waals surface area contributed by atoms with Crippen LogP contribution in [0.15, 0.2) is 57.5 Å². The van der Waals surface area contributed by atoms with Gasteiger partial charge in [0.1, 0.15) is 11.4 Å². The summed E-state index contributed by atoms with van der Waals surface area (Å²) in [5.74, 6) is -0.422. The Kier molecular flexibility index (Phi) is 4.83. The molecule has 0 radical (unpaired) electrons. The van der Waals surface area contributed by atoms with Crippen LogP contribution in [-0.4, -0.2) is 22.1 Å². The summed E-state index contributed by atoms with van der Waals surface area (Å²) in [5.41, 5.74) is 4.06. The van der Waals surface area contributed by atoms with Gasteiger partial charge in [-0.25, -0.2) is 9.78 Å². The van der Waals surface area contributed by atoms with Crippen LogP contribution in [0.2, 0.25) is 0 Å². The largest absolute Gasteiger partial charge is 0.458 e. The first kappa shape index (κ1) is 18.2. The molecule has 142 valence electrons. The Morgan fingerprint density at radius 2 is 2.11 bits per heavy atom. The van der Waals surface area contributed by atoms with Gasteiger partial charge in [0.15, 0.2) is 0 Å². The number of furan rings is 1. The van der Waals surface area contributed by atoms with Gasteiger partial charge in [0.05, 0.1) is 24.5 Å². The van der Waals surface area contributed by atoms with E-state index < -0.39 is 5.97 Å². The molecule has 0 saturated heterocycles. The Morgan fingerprint density at radius 3 is 2.86 bits per heavy atom. The molecule has 1 aromatic carbocycles. The minimum atomic E-state index is -0.557. The average molecular weight is 394 g/mol. The van der Waals surface area contributed by atoms with Gasteiger partial charge in [-0.15, -0.1) is 11.3 Å². The fourth-order valence-electron chi connectivity index (χ4n) is 3.14. The SMILES string of the molecule is Cc1ccc(-c2csc3ncn(CCOC(=O)c4ccco4)c(=O)c23)c(C)c1. The second kappa shape index (κ2) is 7.44.